The minimum absolute atomic E-state index is 0.602. The van der Waals surface area contributed by atoms with E-state index in [0.29, 0.717) is 6.42 Å². The molecule has 8 heavy (non-hydrogen) atoms. The summed E-state index contributed by atoms with van der Waals surface area (Å²) in [5.74, 6) is 0. The van der Waals surface area contributed by atoms with Gasteiger partial charge in [0.15, 0.2) is 0 Å². The van der Waals surface area contributed by atoms with Crippen molar-refractivity contribution in [3.63, 3.8) is 0 Å². The molecule has 0 heterocycles. The molecule has 0 aromatic rings. The first kappa shape index (κ1) is 6.97. The summed E-state index contributed by atoms with van der Waals surface area (Å²) < 4.78 is 0. The van der Waals surface area contributed by atoms with Crippen molar-refractivity contribution in [2.75, 3.05) is 0 Å². The minimum Gasteiger partial charge on any atom is -0.198 e. The summed E-state index contributed by atoms with van der Waals surface area (Å²) in [5, 5.41) is 8.06. The number of nitriles is 1. The lowest BCUT2D eigenvalue weighted by Crippen LogP contribution is -1.60. The van der Waals surface area contributed by atoms with Crippen molar-refractivity contribution >= 4 is 0 Å². The van der Waals surface area contributed by atoms with Gasteiger partial charge < -0.3 is 0 Å². The van der Waals surface area contributed by atoms with Gasteiger partial charge in [0.05, 0.1) is 6.07 Å². The molecule has 0 unspecified atom stereocenters. The second kappa shape index (κ2) is 5.97. The molecule has 0 spiro atoms. The van der Waals surface area contributed by atoms with Gasteiger partial charge in [-0.05, 0) is 6.42 Å². The Morgan fingerprint density at radius 1 is 1.62 bits per heavy atom. The summed E-state index contributed by atoms with van der Waals surface area (Å²) in [6.07, 6.45) is 6.91. The molecule has 0 N–H and O–H groups in total. The van der Waals surface area contributed by atoms with Crippen molar-refractivity contribution in [2.24, 2.45) is 0 Å². The van der Waals surface area contributed by atoms with Crippen molar-refractivity contribution < 1.29 is 0 Å². The van der Waals surface area contributed by atoms with Gasteiger partial charge in [0.2, 0.25) is 0 Å². The predicted molar refractivity (Wildman–Crippen MR) is 34.2 cm³/mol. The maximum Gasteiger partial charge on any atom is 0.0625 e. The highest BCUT2D eigenvalue weighted by molar-refractivity contribution is 4.97. The van der Waals surface area contributed by atoms with E-state index in [-0.39, 0.29) is 0 Å². The van der Waals surface area contributed by atoms with Crippen molar-refractivity contribution in [3.8, 4) is 6.07 Å². The average Bonchev–Trinajstić information content (AvgIpc) is 1.81. The molecule has 42 valence electrons. The molecular weight excluding hydrogens is 98.1 g/mol. The Morgan fingerprint density at radius 3 is 2.88 bits per heavy atom. The number of hydrogen-bond acceptors (Lipinski definition) is 1. The zero-order valence-corrected chi connectivity index (χ0v) is 4.80. The predicted octanol–water partition coefficient (Wildman–Crippen LogP) is 2.03. The van der Waals surface area contributed by atoms with E-state index in [1.807, 2.05) is 18.2 Å². The molecule has 0 amide bonds. The van der Waals surface area contributed by atoms with Gasteiger partial charge in [-0.2, -0.15) is 5.26 Å². The monoisotopic (exact) mass is 107 g/mol. The summed E-state index contributed by atoms with van der Waals surface area (Å²) >= 11 is 0. The van der Waals surface area contributed by atoms with Gasteiger partial charge in [-0.25, -0.2) is 0 Å². The quantitative estimate of drug-likeness (QED) is 0.400. The molecular formula is C7H9N. The molecule has 1 heteroatoms. The second-order valence-electron chi connectivity index (χ2n) is 1.36. The third-order valence-corrected chi connectivity index (χ3v) is 0.695. The summed E-state index contributed by atoms with van der Waals surface area (Å²) in [5.41, 5.74) is 0. The summed E-state index contributed by atoms with van der Waals surface area (Å²) in [4.78, 5) is 0. The van der Waals surface area contributed by atoms with Crippen molar-refractivity contribution in [2.45, 2.75) is 12.8 Å². The van der Waals surface area contributed by atoms with Crippen LogP contribution in [0.5, 0.6) is 0 Å². The van der Waals surface area contributed by atoms with E-state index in [4.69, 9.17) is 5.26 Å². The van der Waals surface area contributed by atoms with Gasteiger partial charge in [0.1, 0.15) is 0 Å². The van der Waals surface area contributed by atoms with Crippen LogP contribution in [0.4, 0.5) is 0 Å². The first-order chi connectivity index (χ1) is 3.91. The molecule has 0 aliphatic heterocycles. The van der Waals surface area contributed by atoms with E-state index in [9.17, 15) is 0 Å². The zero-order valence-electron chi connectivity index (χ0n) is 4.80. The van der Waals surface area contributed by atoms with Gasteiger partial charge in [-0.3, -0.25) is 0 Å². The van der Waals surface area contributed by atoms with E-state index in [1.54, 1.807) is 6.08 Å². The molecule has 0 fully saturated rings. The van der Waals surface area contributed by atoms with Gasteiger partial charge in [0, 0.05) is 6.42 Å². The van der Waals surface area contributed by atoms with E-state index in [0.717, 1.165) is 6.42 Å². The van der Waals surface area contributed by atoms with Crippen LogP contribution >= 0.6 is 0 Å². The van der Waals surface area contributed by atoms with Crippen LogP contribution in [-0.2, 0) is 0 Å². The number of hydrogen-bond donors (Lipinski definition) is 0. The third-order valence-electron chi connectivity index (χ3n) is 0.695. The van der Waals surface area contributed by atoms with Crippen LogP contribution in [0.2, 0.25) is 0 Å². The zero-order chi connectivity index (χ0) is 6.24. The summed E-state index contributed by atoms with van der Waals surface area (Å²) in [7, 11) is 0. The third kappa shape index (κ3) is 4.97. The fourth-order valence-corrected chi connectivity index (χ4v) is 0.340. The summed E-state index contributed by atoms with van der Waals surface area (Å²) in [6, 6.07) is 2.04. The molecule has 0 aliphatic carbocycles. The Bertz CT molecular complexity index is 117. The van der Waals surface area contributed by atoms with Gasteiger partial charge in [-0.1, -0.05) is 24.8 Å². The maximum atomic E-state index is 8.06. The maximum absolute atomic E-state index is 8.06. The van der Waals surface area contributed by atoms with Gasteiger partial charge in [-0.15, -0.1) is 0 Å². The van der Waals surface area contributed by atoms with Crippen molar-refractivity contribution in [1.29, 1.82) is 5.26 Å². The number of nitrogens with zero attached hydrogens (tertiary/aromatic N) is 1. The molecule has 0 bridgehead atoms. The Balaban J connectivity index is 3.06. The highest BCUT2D eigenvalue weighted by atomic mass is 14.2. The standard InChI is InChI=1S/C7H9N/c1-2-3-4-5-6-7-8/h2-4H,1,5-6H2/b4-3-. The van der Waals surface area contributed by atoms with Crippen LogP contribution in [0.15, 0.2) is 24.8 Å². The van der Waals surface area contributed by atoms with Crippen LogP contribution in [0.1, 0.15) is 12.8 Å². The average molecular weight is 107 g/mol. The molecule has 1 nitrogen and oxygen atoms in total. The molecule has 0 saturated carbocycles. The molecule has 0 radical (unpaired) electrons. The van der Waals surface area contributed by atoms with Crippen LogP contribution < -0.4 is 0 Å². The fourth-order valence-electron chi connectivity index (χ4n) is 0.340. The van der Waals surface area contributed by atoms with Crippen LogP contribution in [-0.4, -0.2) is 0 Å². The molecule has 0 aliphatic rings. The smallest absolute Gasteiger partial charge is 0.0625 e. The van der Waals surface area contributed by atoms with E-state index >= 15 is 0 Å². The van der Waals surface area contributed by atoms with Crippen LogP contribution in [0, 0.1) is 11.3 Å². The highest BCUT2D eigenvalue weighted by Gasteiger charge is 1.72. The number of unbranched alkanes of at least 4 members (excludes halogenated alkanes) is 1. The second-order valence-corrected chi connectivity index (χ2v) is 1.36. The molecule has 0 aromatic heterocycles. The van der Waals surface area contributed by atoms with Crippen LogP contribution in [0.3, 0.4) is 0 Å². The van der Waals surface area contributed by atoms with E-state index < -0.39 is 0 Å². The van der Waals surface area contributed by atoms with Crippen LogP contribution in [0.25, 0.3) is 0 Å². The Morgan fingerprint density at radius 2 is 2.38 bits per heavy atom. The fraction of sp³-hybridized carbons (Fsp3) is 0.286. The Kier molecular flexibility index (Phi) is 5.20. The lowest BCUT2D eigenvalue weighted by molar-refractivity contribution is 1.06. The topological polar surface area (TPSA) is 23.8 Å². The number of allylic oxidation sites excluding steroid dienone is 3. The Labute approximate surface area is 49.9 Å². The first-order valence-electron chi connectivity index (χ1n) is 2.56. The molecule has 0 aromatic carbocycles. The molecule has 0 atom stereocenters. The van der Waals surface area contributed by atoms with Gasteiger partial charge in [0.25, 0.3) is 0 Å². The minimum atomic E-state index is 0.602. The van der Waals surface area contributed by atoms with E-state index in [1.165, 1.54) is 0 Å². The van der Waals surface area contributed by atoms with Gasteiger partial charge >= 0.3 is 0 Å². The number of rotatable bonds is 3. The normalized spacial score (nSPS) is 8.88. The Hall–Kier alpha value is -1.03. The summed E-state index contributed by atoms with van der Waals surface area (Å²) in [6.45, 7) is 3.49. The lowest BCUT2D eigenvalue weighted by Gasteiger charge is -1.75. The molecule has 0 saturated heterocycles. The highest BCUT2D eigenvalue weighted by Crippen LogP contribution is 1.87. The first-order valence-corrected chi connectivity index (χ1v) is 2.56. The largest absolute Gasteiger partial charge is 0.198 e. The van der Waals surface area contributed by atoms with Crippen molar-refractivity contribution in [1.82, 2.24) is 0 Å². The SMILES string of the molecule is C=C/C=C\CCC#N. The molecule has 0 rings (SSSR count). The van der Waals surface area contributed by atoms with Crippen molar-refractivity contribution in [3.05, 3.63) is 24.8 Å². The lowest BCUT2D eigenvalue weighted by atomic mass is 10.3. The van der Waals surface area contributed by atoms with E-state index in [2.05, 4.69) is 6.58 Å².